The summed E-state index contributed by atoms with van der Waals surface area (Å²) in [5.41, 5.74) is 1.40. The van der Waals surface area contributed by atoms with Crippen LogP contribution < -0.4 is 5.32 Å². The Morgan fingerprint density at radius 3 is 3.29 bits per heavy atom. The van der Waals surface area contributed by atoms with Crippen LogP contribution in [0.15, 0.2) is 18.3 Å². The van der Waals surface area contributed by atoms with Crippen LogP contribution in [0.3, 0.4) is 0 Å². The van der Waals surface area contributed by atoms with Gasteiger partial charge in [-0.3, -0.25) is 0 Å². The van der Waals surface area contributed by atoms with Crippen molar-refractivity contribution in [2.24, 2.45) is 0 Å². The standard InChI is InChI=1S/C11H18N2O/c1-14-9-8-13-7-3-5-11(13)10-4-2-6-12-10/h3,5,7,10,12H,2,4,6,8-9H2,1H3. The summed E-state index contributed by atoms with van der Waals surface area (Å²) in [4.78, 5) is 0. The molecular weight excluding hydrogens is 176 g/mol. The van der Waals surface area contributed by atoms with Crippen LogP contribution in [0, 0.1) is 0 Å². The van der Waals surface area contributed by atoms with Gasteiger partial charge in [0.2, 0.25) is 0 Å². The number of rotatable bonds is 4. The van der Waals surface area contributed by atoms with Gasteiger partial charge in [-0.1, -0.05) is 0 Å². The van der Waals surface area contributed by atoms with E-state index in [2.05, 4.69) is 28.2 Å². The van der Waals surface area contributed by atoms with E-state index in [0.717, 1.165) is 19.7 Å². The minimum Gasteiger partial charge on any atom is -0.383 e. The van der Waals surface area contributed by atoms with Gasteiger partial charge in [-0.15, -0.1) is 0 Å². The number of nitrogens with zero attached hydrogens (tertiary/aromatic N) is 1. The molecule has 78 valence electrons. The van der Waals surface area contributed by atoms with Crippen molar-refractivity contribution in [3.05, 3.63) is 24.0 Å². The topological polar surface area (TPSA) is 26.2 Å². The summed E-state index contributed by atoms with van der Waals surface area (Å²) >= 11 is 0. The lowest BCUT2D eigenvalue weighted by molar-refractivity contribution is 0.186. The van der Waals surface area contributed by atoms with E-state index >= 15 is 0 Å². The third-order valence-electron chi connectivity index (χ3n) is 2.82. The smallest absolute Gasteiger partial charge is 0.0641 e. The first-order chi connectivity index (χ1) is 6.92. The van der Waals surface area contributed by atoms with Gasteiger partial charge in [0.25, 0.3) is 0 Å². The Kier molecular flexibility index (Phi) is 3.22. The molecule has 1 aliphatic rings. The van der Waals surface area contributed by atoms with E-state index < -0.39 is 0 Å². The molecule has 0 bridgehead atoms. The summed E-state index contributed by atoms with van der Waals surface area (Å²) in [6.07, 6.45) is 4.69. The quantitative estimate of drug-likeness (QED) is 0.787. The average Bonchev–Trinajstić information content (AvgIpc) is 2.84. The Balaban J connectivity index is 2.04. The van der Waals surface area contributed by atoms with Crippen molar-refractivity contribution >= 4 is 0 Å². The lowest BCUT2D eigenvalue weighted by atomic mass is 10.1. The predicted molar refractivity (Wildman–Crippen MR) is 56.3 cm³/mol. The van der Waals surface area contributed by atoms with E-state index in [4.69, 9.17) is 4.74 Å². The fourth-order valence-corrected chi connectivity index (χ4v) is 2.07. The molecule has 1 saturated heterocycles. The molecule has 0 aromatic carbocycles. The van der Waals surface area contributed by atoms with E-state index in [9.17, 15) is 0 Å². The van der Waals surface area contributed by atoms with Crippen molar-refractivity contribution in [3.63, 3.8) is 0 Å². The van der Waals surface area contributed by atoms with Gasteiger partial charge in [-0.25, -0.2) is 0 Å². The summed E-state index contributed by atoms with van der Waals surface area (Å²) in [6.45, 7) is 2.89. The lowest BCUT2D eigenvalue weighted by Gasteiger charge is -2.14. The molecule has 1 aromatic heterocycles. The highest BCUT2D eigenvalue weighted by Crippen LogP contribution is 2.23. The van der Waals surface area contributed by atoms with Gasteiger partial charge in [-0.2, -0.15) is 0 Å². The zero-order valence-electron chi connectivity index (χ0n) is 8.70. The Labute approximate surface area is 85.1 Å². The first-order valence-electron chi connectivity index (χ1n) is 5.29. The van der Waals surface area contributed by atoms with Crippen LogP contribution >= 0.6 is 0 Å². The van der Waals surface area contributed by atoms with Crippen molar-refractivity contribution < 1.29 is 4.74 Å². The highest BCUT2D eigenvalue weighted by molar-refractivity contribution is 5.13. The molecule has 14 heavy (non-hydrogen) atoms. The molecular formula is C11H18N2O. The second kappa shape index (κ2) is 4.62. The van der Waals surface area contributed by atoms with Gasteiger partial charge in [0.1, 0.15) is 0 Å². The van der Waals surface area contributed by atoms with Crippen LogP contribution in [0.2, 0.25) is 0 Å². The molecule has 1 fully saturated rings. The lowest BCUT2D eigenvalue weighted by Crippen LogP contribution is -2.17. The first kappa shape index (κ1) is 9.74. The van der Waals surface area contributed by atoms with E-state index in [1.807, 2.05) is 0 Å². The molecule has 0 saturated carbocycles. The normalized spacial score (nSPS) is 21.6. The number of methoxy groups -OCH3 is 1. The number of ether oxygens (including phenoxy) is 1. The predicted octanol–water partition coefficient (Wildman–Crippen LogP) is 1.56. The van der Waals surface area contributed by atoms with E-state index in [1.165, 1.54) is 18.5 Å². The van der Waals surface area contributed by atoms with Crippen molar-refractivity contribution in [3.8, 4) is 0 Å². The molecule has 3 nitrogen and oxygen atoms in total. The maximum absolute atomic E-state index is 5.09. The first-order valence-corrected chi connectivity index (χ1v) is 5.29. The molecule has 1 aromatic rings. The van der Waals surface area contributed by atoms with Crippen LogP contribution in [-0.2, 0) is 11.3 Å². The summed E-state index contributed by atoms with van der Waals surface area (Å²) in [7, 11) is 1.75. The molecule has 1 atom stereocenters. The zero-order valence-corrected chi connectivity index (χ0v) is 8.70. The zero-order chi connectivity index (χ0) is 9.80. The minimum absolute atomic E-state index is 0.557. The van der Waals surface area contributed by atoms with Gasteiger partial charge < -0.3 is 14.6 Å². The highest BCUT2D eigenvalue weighted by Gasteiger charge is 2.18. The third-order valence-corrected chi connectivity index (χ3v) is 2.82. The van der Waals surface area contributed by atoms with Gasteiger partial charge in [0.05, 0.1) is 6.61 Å². The Morgan fingerprint density at radius 2 is 2.57 bits per heavy atom. The highest BCUT2D eigenvalue weighted by atomic mass is 16.5. The molecule has 1 unspecified atom stereocenters. The minimum atomic E-state index is 0.557. The van der Waals surface area contributed by atoms with Crippen molar-refractivity contribution in [2.45, 2.75) is 25.4 Å². The molecule has 1 N–H and O–H groups in total. The van der Waals surface area contributed by atoms with Crippen LogP contribution in [0.1, 0.15) is 24.6 Å². The molecule has 0 spiro atoms. The molecule has 3 heteroatoms. The maximum atomic E-state index is 5.09. The van der Waals surface area contributed by atoms with E-state index in [1.54, 1.807) is 7.11 Å². The molecule has 1 aliphatic heterocycles. The third kappa shape index (κ3) is 1.99. The molecule has 0 radical (unpaired) electrons. The summed E-state index contributed by atoms with van der Waals surface area (Å²) < 4.78 is 7.38. The number of hydrogen-bond donors (Lipinski definition) is 1. The second-order valence-electron chi connectivity index (χ2n) is 3.77. The fourth-order valence-electron chi connectivity index (χ4n) is 2.07. The van der Waals surface area contributed by atoms with Gasteiger partial charge in [-0.05, 0) is 31.5 Å². The van der Waals surface area contributed by atoms with Gasteiger partial charge in [0.15, 0.2) is 0 Å². The Hall–Kier alpha value is -0.800. The average molecular weight is 194 g/mol. The summed E-state index contributed by atoms with van der Waals surface area (Å²) in [5.74, 6) is 0. The summed E-state index contributed by atoms with van der Waals surface area (Å²) in [5, 5.41) is 3.51. The fraction of sp³-hybridized carbons (Fsp3) is 0.636. The summed E-state index contributed by atoms with van der Waals surface area (Å²) in [6, 6.07) is 4.88. The Morgan fingerprint density at radius 1 is 1.64 bits per heavy atom. The monoisotopic (exact) mass is 194 g/mol. The number of aromatic nitrogens is 1. The van der Waals surface area contributed by atoms with E-state index in [0.29, 0.717) is 6.04 Å². The van der Waals surface area contributed by atoms with Crippen LogP contribution in [0.4, 0.5) is 0 Å². The second-order valence-corrected chi connectivity index (χ2v) is 3.77. The van der Waals surface area contributed by atoms with Crippen molar-refractivity contribution in [2.75, 3.05) is 20.3 Å². The largest absolute Gasteiger partial charge is 0.383 e. The van der Waals surface area contributed by atoms with Crippen LogP contribution in [0.25, 0.3) is 0 Å². The van der Waals surface area contributed by atoms with Gasteiger partial charge >= 0.3 is 0 Å². The van der Waals surface area contributed by atoms with Gasteiger partial charge in [0, 0.05) is 31.6 Å². The maximum Gasteiger partial charge on any atom is 0.0641 e. The SMILES string of the molecule is COCCn1cccc1C1CCCN1. The number of nitrogens with one attached hydrogen (secondary N) is 1. The number of hydrogen-bond acceptors (Lipinski definition) is 2. The van der Waals surface area contributed by atoms with Crippen molar-refractivity contribution in [1.82, 2.24) is 9.88 Å². The molecule has 2 heterocycles. The van der Waals surface area contributed by atoms with Crippen LogP contribution in [0.5, 0.6) is 0 Å². The van der Waals surface area contributed by atoms with Crippen molar-refractivity contribution in [1.29, 1.82) is 0 Å². The molecule has 0 amide bonds. The molecule has 0 aliphatic carbocycles. The van der Waals surface area contributed by atoms with E-state index in [-0.39, 0.29) is 0 Å². The molecule has 2 rings (SSSR count). The van der Waals surface area contributed by atoms with Crippen LogP contribution in [-0.4, -0.2) is 24.8 Å². The Bertz CT molecular complexity index is 277.